The molecule has 0 aromatic heterocycles. The Morgan fingerprint density at radius 1 is 1.10 bits per heavy atom. The van der Waals surface area contributed by atoms with Gasteiger partial charge in [0.2, 0.25) is 11.8 Å². The average molecular weight is 453 g/mol. The summed E-state index contributed by atoms with van der Waals surface area (Å²) in [5.74, 6) is 0.618. The van der Waals surface area contributed by atoms with Gasteiger partial charge >= 0.3 is 0 Å². The summed E-state index contributed by atoms with van der Waals surface area (Å²) in [5, 5.41) is 3.55. The quantitative estimate of drug-likeness (QED) is 0.612. The molecule has 2 amide bonds. The molecule has 4 nitrogen and oxygen atoms in total. The predicted octanol–water partition coefficient (Wildman–Crippen LogP) is 5.01. The smallest absolute Gasteiger partial charge is 0.242 e. The van der Waals surface area contributed by atoms with Crippen molar-refractivity contribution in [2.45, 2.75) is 39.1 Å². The summed E-state index contributed by atoms with van der Waals surface area (Å²) in [6, 6.07) is 10.9. The number of amides is 2. The van der Waals surface area contributed by atoms with Crippen molar-refractivity contribution in [2.24, 2.45) is 0 Å². The van der Waals surface area contributed by atoms with Crippen molar-refractivity contribution in [3.05, 3.63) is 68.7 Å². The normalized spacial score (nSPS) is 11.8. The maximum Gasteiger partial charge on any atom is 0.242 e. The largest absolute Gasteiger partial charge is 0.357 e. The van der Waals surface area contributed by atoms with Crippen molar-refractivity contribution in [1.29, 1.82) is 0 Å². The molecule has 0 heterocycles. The van der Waals surface area contributed by atoms with E-state index in [0.717, 1.165) is 5.75 Å². The lowest BCUT2D eigenvalue weighted by Crippen LogP contribution is -2.47. The first-order valence-electron chi connectivity index (χ1n) is 9.31. The number of likely N-dealkylation sites (N-methyl/N-ethyl adjacent to an activating group) is 1. The molecule has 1 N–H and O–H groups in total. The molecule has 1 atom stereocenters. The highest BCUT2D eigenvalue weighted by atomic mass is 35.5. The SMILES string of the molecule is CNC(=O)[C@@H](C)N(Cc1c(Cl)cccc1Cl)C(=O)CSCc1cc(C)cc(C)c1. The lowest BCUT2D eigenvalue weighted by atomic mass is 10.1. The lowest BCUT2D eigenvalue weighted by molar-refractivity contribution is -0.138. The molecule has 0 aliphatic rings. The Morgan fingerprint density at radius 2 is 1.69 bits per heavy atom. The first-order chi connectivity index (χ1) is 13.7. The molecule has 2 aromatic rings. The number of aryl methyl sites for hydroxylation is 2. The second-order valence-corrected chi connectivity index (χ2v) is 8.80. The van der Waals surface area contributed by atoms with E-state index in [9.17, 15) is 9.59 Å². The molecular weight excluding hydrogens is 427 g/mol. The minimum absolute atomic E-state index is 0.133. The summed E-state index contributed by atoms with van der Waals surface area (Å²) in [7, 11) is 1.55. The van der Waals surface area contributed by atoms with Gasteiger partial charge in [-0.15, -0.1) is 11.8 Å². The van der Waals surface area contributed by atoms with Gasteiger partial charge in [0.15, 0.2) is 0 Å². The molecule has 29 heavy (non-hydrogen) atoms. The molecule has 0 bridgehead atoms. The van der Waals surface area contributed by atoms with Crippen molar-refractivity contribution >= 4 is 46.8 Å². The van der Waals surface area contributed by atoms with Crippen LogP contribution in [0, 0.1) is 13.8 Å². The van der Waals surface area contributed by atoms with Crippen LogP contribution in [0.25, 0.3) is 0 Å². The van der Waals surface area contributed by atoms with Crippen LogP contribution < -0.4 is 5.32 Å². The molecule has 7 heteroatoms. The summed E-state index contributed by atoms with van der Waals surface area (Å²) in [6.45, 7) is 6.00. The van der Waals surface area contributed by atoms with Gasteiger partial charge < -0.3 is 10.2 Å². The lowest BCUT2D eigenvalue weighted by Gasteiger charge is -2.29. The van der Waals surface area contributed by atoms with Gasteiger partial charge in [-0.25, -0.2) is 0 Å². The van der Waals surface area contributed by atoms with Crippen molar-refractivity contribution in [1.82, 2.24) is 10.2 Å². The van der Waals surface area contributed by atoms with E-state index in [1.165, 1.54) is 33.4 Å². The fourth-order valence-electron chi connectivity index (χ4n) is 3.14. The van der Waals surface area contributed by atoms with Gasteiger partial charge in [0.1, 0.15) is 6.04 Å². The number of carbonyl (C=O) groups excluding carboxylic acids is 2. The fourth-order valence-corrected chi connectivity index (χ4v) is 4.50. The van der Waals surface area contributed by atoms with Crippen LogP contribution in [0.4, 0.5) is 0 Å². The molecule has 0 aliphatic carbocycles. The van der Waals surface area contributed by atoms with Gasteiger partial charge in [-0.2, -0.15) is 0 Å². The zero-order valence-electron chi connectivity index (χ0n) is 17.1. The molecule has 2 rings (SSSR count). The van der Waals surface area contributed by atoms with Gasteiger partial charge in [0.05, 0.1) is 5.75 Å². The van der Waals surface area contributed by atoms with E-state index in [2.05, 4.69) is 37.4 Å². The zero-order valence-corrected chi connectivity index (χ0v) is 19.4. The summed E-state index contributed by atoms with van der Waals surface area (Å²) in [4.78, 5) is 26.7. The van der Waals surface area contributed by atoms with E-state index in [-0.39, 0.29) is 24.1 Å². The number of thioether (sulfide) groups is 1. The maximum absolute atomic E-state index is 13.0. The van der Waals surface area contributed by atoms with E-state index in [0.29, 0.717) is 15.6 Å². The van der Waals surface area contributed by atoms with E-state index in [1.807, 2.05) is 0 Å². The summed E-state index contributed by atoms with van der Waals surface area (Å²) in [5.41, 5.74) is 4.23. The van der Waals surface area contributed by atoms with Crippen LogP contribution in [-0.2, 0) is 21.9 Å². The Bertz CT molecular complexity index is 849. The molecule has 0 spiro atoms. The van der Waals surface area contributed by atoms with E-state index >= 15 is 0 Å². The van der Waals surface area contributed by atoms with Crippen LogP contribution >= 0.6 is 35.0 Å². The van der Waals surface area contributed by atoms with E-state index in [4.69, 9.17) is 23.2 Å². The van der Waals surface area contributed by atoms with Crippen LogP contribution in [0.15, 0.2) is 36.4 Å². The van der Waals surface area contributed by atoms with Crippen LogP contribution in [0.5, 0.6) is 0 Å². The summed E-state index contributed by atoms with van der Waals surface area (Å²) in [6.07, 6.45) is 0. The molecule has 2 aromatic carbocycles. The number of hydrogen-bond acceptors (Lipinski definition) is 3. The van der Waals surface area contributed by atoms with Crippen molar-refractivity contribution in [3.63, 3.8) is 0 Å². The molecule has 0 fully saturated rings. The average Bonchev–Trinajstić information content (AvgIpc) is 2.65. The Hall–Kier alpha value is -1.69. The van der Waals surface area contributed by atoms with Gasteiger partial charge in [-0.05, 0) is 38.5 Å². The molecule has 0 unspecified atom stereocenters. The van der Waals surface area contributed by atoms with Gasteiger partial charge in [0, 0.05) is 35.0 Å². The van der Waals surface area contributed by atoms with Crippen molar-refractivity contribution < 1.29 is 9.59 Å². The third-order valence-electron chi connectivity index (χ3n) is 4.58. The number of hydrogen-bond donors (Lipinski definition) is 1. The van der Waals surface area contributed by atoms with E-state index in [1.54, 1.807) is 32.2 Å². The number of rotatable bonds is 8. The Labute approximate surface area is 187 Å². The third kappa shape index (κ3) is 6.66. The fraction of sp³-hybridized carbons (Fsp3) is 0.364. The number of carbonyl (C=O) groups is 2. The molecule has 0 saturated carbocycles. The number of halogens is 2. The number of nitrogens with zero attached hydrogens (tertiary/aromatic N) is 1. The Morgan fingerprint density at radius 3 is 2.24 bits per heavy atom. The summed E-state index contributed by atoms with van der Waals surface area (Å²) >= 11 is 14.1. The van der Waals surface area contributed by atoms with Gasteiger partial charge in [-0.3, -0.25) is 9.59 Å². The minimum Gasteiger partial charge on any atom is -0.357 e. The molecule has 0 radical (unpaired) electrons. The number of nitrogens with one attached hydrogen (secondary N) is 1. The first kappa shape index (κ1) is 23.6. The van der Waals surface area contributed by atoms with Crippen LogP contribution in [-0.4, -0.2) is 35.6 Å². The molecule has 0 aliphatic heterocycles. The highest BCUT2D eigenvalue weighted by Gasteiger charge is 2.26. The second kappa shape index (κ2) is 10.9. The standard InChI is InChI=1S/C22H26Cl2N2O2S/c1-14-8-15(2)10-17(9-14)12-29-13-21(27)26(16(3)22(28)25-4)11-18-19(23)6-5-7-20(18)24/h5-10,16H,11-13H2,1-4H3,(H,25,28)/t16-/m1/s1. The van der Waals surface area contributed by atoms with E-state index < -0.39 is 6.04 Å². The minimum atomic E-state index is -0.637. The molecule has 0 saturated heterocycles. The van der Waals surface area contributed by atoms with Crippen molar-refractivity contribution in [2.75, 3.05) is 12.8 Å². The highest BCUT2D eigenvalue weighted by molar-refractivity contribution is 7.99. The van der Waals surface area contributed by atoms with Gasteiger partial charge in [-0.1, -0.05) is 58.6 Å². The van der Waals surface area contributed by atoms with Crippen LogP contribution in [0.1, 0.15) is 29.2 Å². The Kier molecular flexibility index (Phi) is 8.87. The van der Waals surface area contributed by atoms with Crippen LogP contribution in [0.3, 0.4) is 0 Å². The maximum atomic E-state index is 13.0. The second-order valence-electron chi connectivity index (χ2n) is 7.00. The van der Waals surface area contributed by atoms with Gasteiger partial charge in [0.25, 0.3) is 0 Å². The van der Waals surface area contributed by atoms with Crippen LogP contribution in [0.2, 0.25) is 10.0 Å². The molecular formula is C22H26Cl2N2O2S. The monoisotopic (exact) mass is 452 g/mol. The zero-order chi connectivity index (χ0) is 21.6. The first-order valence-corrected chi connectivity index (χ1v) is 11.2. The molecule has 156 valence electrons. The third-order valence-corrected chi connectivity index (χ3v) is 6.28. The Balaban J connectivity index is 2.12. The highest BCUT2D eigenvalue weighted by Crippen LogP contribution is 2.27. The topological polar surface area (TPSA) is 49.4 Å². The number of benzene rings is 2. The van der Waals surface area contributed by atoms with Crippen molar-refractivity contribution in [3.8, 4) is 0 Å². The predicted molar refractivity (Wildman–Crippen MR) is 123 cm³/mol. The summed E-state index contributed by atoms with van der Waals surface area (Å²) < 4.78 is 0.